The van der Waals surface area contributed by atoms with Crippen LogP contribution in [0.4, 0.5) is 18.9 Å². The van der Waals surface area contributed by atoms with E-state index in [9.17, 15) is 28.1 Å². The third-order valence-electron chi connectivity index (χ3n) is 4.00. The van der Waals surface area contributed by atoms with E-state index in [1.165, 1.54) is 43.3 Å². The summed E-state index contributed by atoms with van der Waals surface area (Å²) in [5.74, 6) is -1.35. The third-order valence-corrected chi connectivity index (χ3v) is 4.00. The van der Waals surface area contributed by atoms with Crippen LogP contribution in [0.3, 0.4) is 0 Å². The molecule has 0 unspecified atom stereocenters. The largest absolute Gasteiger partial charge is 0.462 e. The number of halogens is 3. The third kappa shape index (κ3) is 3.82. The molecule has 0 radical (unpaired) electrons. The van der Waals surface area contributed by atoms with Gasteiger partial charge in [0.1, 0.15) is 11.3 Å². The van der Waals surface area contributed by atoms with Crippen LogP contribution in [-0.4, -0.2) is 22.7 Å². The molecule has 10 heteroatoms. The van der Waals surface area contributed by atoms with Gasteiger partial charge in [0, 0.05) is 11.6 Å². The molecule has 0 saturated heterocycles. The molecular formula is C19H13F3N2O5. The molecule has 1 aromatic heterocycles. The summed E-state index contributed by atoms with van der Waals surface area (Å²) in [6, 6.07) is 9.86. The van der Waals surface area contributed by atoms with E-state index >= 15 is 0 Å². The van der Waals surface area contributed by atoms with Crippen molar-refractivity contribution in [1.29, 1.82) is 0 Å². The predicted octanol–water partition coefficient (Wildman–Crippen LogP) is 5.11. The summed E-state index contributed by atoms with van der Waals surface area (Å²) >= 11 is 0. The smallest absolute Gasteiger partial charge is 0.417 e. The SMILES string of the molecule is CCOC(=O)c1c(-c2ccccc2C(F)(F)F)noc1-c1ccccc1[N+](=O)[O-]. The van der Waals surface area contributed by atoms with Crippen molar-refractivity contribution in [2.75, 3.05) is 6.61 Å². The normalized spacial score (nSPS) is 11.3. The monoisotopic (exact) mass is 406 g/mol. The lowest BCUT2D eigenvalue weighted by atomic mass is 9.98. The van der Waals surface area contributed by atoms with Crippen LogP contribution >= 0.6 is 0 Å². The van der Waals surface area contributed by atoms with Gasteiger partial charge in [-0.3, -0.25) is 10.1 Å². The Hall–Kier alpha value is -3.69. The van der Waals surface area contributed by atoms with Crippen molar-refractivity contribution >= 4 is 11.7 Å². The summed E-state index contributed by atoms with van der Waals surface area (Å²) in [5, 5.41) is 15.0. The van der Waals surface area contributed by atoms with E-state index in [2.05, 4.69) is 5.16 Å². The number of ether oxygens (including phenoxy) is 1. The minimum atomic E-state index is -4.72. The zero-order valence-corrected chi connectivity index (χ0v) is 14.9. The first-order valence-corrected chi connectivity index (χ1v) is 8.32. The fourth-order valence-electron chi connectivity index (χ4n) is 2.81. The van der Waals surface area contributed by atoms with Crippen LogP contribution in [0.2, 0.25) is 0 Å². The molecule has 1 heterocycles. The van der Waals surface area contributed by atoms with Crippen LogP contribution in [0.1, 0.15) is 22.8 Å². The number of hydrogen-bond donors (Lipinski definition) is 0. The zero-order valence-electron chi connectivity index (χ0n) is 14.9. The lowest BCUT2D eigenvalue weighted by Crippen LogP contribution is -2.10. The van der Waals surface area contributed by atoms with Gasteiger partial charge >= 0.3 is 12.1 Å². The molecule has 0 aliphatic rings. The molecule has 0 N–H and O–H groups in total. The van der Waals surface area contributed by atoms with Crippen molar-refractivity contribution in [3.63, 3.8) is 0 Å². The van der Waals surface area contributed by atoms with E-state index in [0.717, 1.165) is 12.1 Å². The molecule has 3 rings (SSSR count). The maximum absolute atomic E-state index is 13.5. The Morgan fingerprint density at radius 1 is 1.14 bits per heavy atom. The van der Waals surface area contributed by atoms with Crippen LogP contribution in [0.15, 0.2) is 53.1 Å². The highest BCUT2D eigenvalue weighted by Gasteiger charge is 2.37. The number of esters is 1. The average molecular weight is 406 g/mol. The maximum atomic E-state index is 13.5. The second kappa shape index (κ2) is 7.74. The summed E-state index contributed by atoms with van der Waals surface area (Å²) < 4.78 is 50.4. The lowest BCUT2D eigenvalue weighted by molar-refractivity contribution is -0.384. The van der Waals surface area contributed by atoms with Crippen molar-refractivity contribution in [2.45, 2.75) is 13.1 Å². The Morgan fingerprint density at radius 2 is 1.76 bits per heavy atom. The van der Waals surface area contributed by atoms with Crippen molar-refractivity contribution in [3.05, 3.63) is 69.8 Å². The van der Waals surface area contributed by atoms with Gasteiger partial charge in [0.15, 0.2) is 5.76 Å². The molecule has 0 aliphatic heterocycles. The fraction of sp³-hybridized carbons (Fsp3) is 0.158. The number of hydrogen-bond acceptors (Lipinski definition) is 6. The Kier molecular flexibility index (Phi) is 5.35. The number of carbonyl (C=O) groups is 1. The minimum absolute atomic E-state index is 0.0688. The molecule has 0 saturated carbocycles. The van der Waals surface area contributed by atoms with Gasteiger partial charge in [-0.05, 0) is 19.1 Å². The highest BCUT2D eigenvalue weighted by molar-refractivity contribution is 6.03. The van der Waals surface area contributed by atoms with Crippen LogP contribution in [0, 0.1) is 10.1 Å². The Bertz CT molecular complexity index is 1080. The van der Waals surface area contributed by atoms with Crippen LogP contribution < -0.4 is 0 Å². The molecule has 0 aliphatic carbocycles. The van der Waals surface area contributed by atoms with Gasteiger partial charge in [0.2, 0.25) is 0 Å². The summed E-state index contributed by atoms with van der Waals surface area (Å²) in [6.07, 6.45) is -4.72. The minimum Gasteiger partial charge on any atom is -0.462 e. The van der Waals surface area contributed by atoms with E-state index in [-0.39, 0.29) is 17.9 Å². The quantitative estimate of drug-likeness (QED) is 0.332. The molecule has 0 spiro atoms. The van der Waals surface area contributed by atoms with E-state index in [1.54, 1.807) is 0 Å². The number of carbonyl (C=O) groups excluding carboxylic acids is 1. The van der Waals surface area contributed by atoms with Crippen LogP contribution in [0.5, 0.6) is 0 Å². The molecule has 150 valence electrons. The van der Waals surface area contributed by atoms with Gasteiger partial charge in [0.25, 0.3) is 5.69 Å². The maximum Gasteiger partial charge on any atom is 0.417 e. The van der Waals surface area contributed by atoms with E-state index in [0.29, 0.717) is 0 Å². The fourth-order valence-corrected chi connectivity index (χ4v) is 2.81. The molecule has 0 fully saturated rings. The number of nitro groups is 1. The van der Waals surface area contributed by atoms with Crippen molar-refractivity contribution < 1.29 is 32.1 Å². The number of para-hydroxylation sites is 1. The summed E-state index contributed by atoms with van der Waals surface area (Å²) in [4.78, 5) is 23.2. The highest BCUT2D eigenvalue weighted by atomic mass is 19.4. The number of nitrogens with zero attached hydrogens (tertiary/aromatic N) is 2. The summed E-state index contributed by atoms with van der Waals surface area (Å²) in [7, 11) is 0. The zero-order chi connectivity index (χ0) is 21.2. The number of alkyl halides is 3. The summed E-state index contributed by atoms with van der Waals surface area (Å²) in [6.45, 7) is 1.44. The second-order valence-electron chi connectivity index (χ2n) is 5.77. The topological polar surface area (TPSA) is 95.5 Å². The van der Waals surface area contributed by atoms with Gasteiger partial charge in [-0.2, -0.15) is 13.2 Å². The first-order chi connectivity index (χ1) is 13.8. The summed E-state index contributed by atoms with van der Waals surface area (Å²) in [5.41, 5.74) is -2.78. The van der Waals surface area contributed by atoms with Crippen LogP contribution in [-0.2, 0) is 10.9 Å². The van der Waals surface area contributed by atoms with Crippen molar-refractivity contribution in [1.82, 2.24) is 5.16 Å². The first-order valence-electron chi connectivity index (χ1n) is 8.32. The molecule has 2 aromatic carbocycles. The number of rotatable bonds is 5. The van der Waals surface area contributed by atoms with E-state index in [1.807, 2.05) is 0 Å². The van der Waals surface area contributed by atoms with Gasteiger partial charge in [-0.15, -0.1) is 0 Å². The molecular weight excluding hydrogens is 393 g/mol. The number of benzene rings is 2. The predicted molar refractivity (Wildman–Crippen MR) is 95.0 cm³/mol. The molecule has 7 nitrogen and oxygen atoms in total. The second-order valence-corrected chi connectivity index (χ2v) is 5.77. The first kappa shape index (κ1) is 20.1. The standard InChI is InChI=1S/C19H13F3N2O5/c1-2-28-18(25)15-16(11-7-3-5-9-13(11)19(20,21)22)23-29-17(15)12-8-4-6-10-14(12)24(26)27/h3-10H,2H2,1H3. The van der Waals surface area contributed by atoms with Gasteiger partial charge in [-0.25, -0.2) is 4.79 Å². The molecule has 3 aromatic rings. The average Bonchev–Trinajstić information content (AvgIpc) is 3.12. The molecule has 0 bridgehead atoms. The van der Waals surface area contributed by atoms with Crippen LogP contribution in [0.25, 0.3) is 22.6 Å². The Labute approximate surface area is 161 Å². The Morgan fingerprint density at radius 3 is 2.38 bits per heavy atom. The van der Waals surface area contributed by atoms with Crippen molar-refractivity contribution in [3.8, 4) is 22.6 Å². The number of nitro benzene ring substituents is 1. The molecule has 29 heavy (non-hydrogen) atoms. The Balaban J connectivity index is 2.31. The lowest BCUT2D eigenvalue weighted by Gasteiger charge is -2.11. The van der Waals surface area contributed by atoms with E-state index < -0.39 is 45.1 Å². The number of aromatic nitrogens is 1. The molecule has 0 amide bonds. The molecule has 0 atom stereocenters. The van der Waals surface area contributed by atoms with E-state index in [4.69, 9.17) is 9.26 Å². The van der Waals surface area contributed by atoms with Gasteiger partial charge in [0.05, 0.1) is 22.7 Å². The van der Waals surface area contributed by atoms with Crippen molar-refractivity contribution in [2.24, 2.45) is 0 Å². The van der Waals surface area contributed by atoms with Gasteiger partial charge in [-0.1, -0.05) is 35.5 Å². The highest BCUT2D eigenvalue weighted by Crippen LogP contribution is 2.41. The van der Waals surface area contributed by atoms with Gasteiger partial charge < -0.3 is 9.26 Å².